The van der Waals surface area contributed by atoms with Crippen molar-refractivity contribution in [3.8, 4) is 0 Å². The molecule has 0 unspecified atom stereocenters. The van der Waals surface area contributed by atoms with Crippen molar-refractivity contribution in [1.29, 1.82) is 0 Å². The van der Waals surface area contributed by atoms with Crippen LogP contribution < -0.4 is 15.1 Å². The smallest absolute Gasteiger partial charge is 0.414 e. The highest BCUT2D eigenvalue weighted by Gasteiger charge is 2.33. The molecule has 164 valence electrons. The van der Waals surface area contributed by atoms with Gasteiger partial charge in [0.1, 0.15) is 12.7 Å². The molecule has 0 aliphatic carbocycles. The number of amides is 3. The van der Waals surface area contributed by atoms with E-state index in [0.29, 0.717) is 30.4 Å². The van der Waals surface area contributed by atoms with E-state index in [-0.39, 0.29) is 30.9 Å². The highest BCUT2D eigenvalue weighted by molar-refractivity contribution is 7.11. The van der Waals surface area contributed by atoms with Gasteiger partial charge in [0.2, 0.25) is 0 Å². The molecule has 0 saturated carbocycles. The van der Waals surface area contributed by atoms with E-state index in [1.807, 2.05) is 19.2 Å². The number of hydrogen-bond donors (Lipinski definition) is 1. The lowest BCUT2D eigenvalue weighted by Gasteiger charge is -2.27. The van der Waals surface area contributed by atoms with Gasteiger partial charge in [-0.2, -0.15) is 0 Å². The molecule has 2 aromatic rings. The van der Waals surface area contributed by atoms with Gasteiger partial charge in [-0.15, -0.1) is 11.3 Å². The van der Waals surface area contributed by atoms with E-state index in [0.717, 1.165) is 11.4 Å². The summed E-state index contributed by atoms with van der Waals surface area (Å²) in [6.07, 6.45) is -0.924. The molecular formula is C21H24N4O5S. The van der Waals surface area contributed by atoms with E-state index in [2.05, 4.69) is 10.3 Å². The van der Waals surface area contributed by atoms with E-state index in [9.17, 15) is 14.4 Å². The van der Waals surface area contributed by atoms with Gasteiger partial charge in [0.15, 0.2) is 5.01 Å². The minimum atomic E-state index is -0.467. The fourth-order valence-corrected chi connectivity index (χ4v) is 4.27. The zero-order valence-electron chi connectivity index (χ0n) is 17.4. The SMILES string of the molecule is CC(C)c1csc(C(=O)NC[C@H]2CN(c3ccc(N4CCOCC4=O)cc3)C(=O)O2)n1. The highest BCUT2D eigenvalue weighted by atomic mass is 32.1. The van der Waals surface area contributed by atoms with Crippen LogP contribution in [-0.2, 0) is 14.3 Å². The molecule has 1 atom stereocenters. The van der Waals surface area contributed by atoms with Crippen molar-refractivity contribution in [2.75, 3.05) is 42.6 Å². The third kappa shape index (κ3) is 4.70. The lowest BCUT2D eigenvalue weighted by molar-refractivity contribution is -0.125. The molecule has 3 heterocycles. The molecule has 2 aliphatic heterocycles. The molecule has 2 aliphatic rings. The number of rotatable bonds is 6. The summed E-state index contributed by atoms with van der Waals surface area (Å²) in [5.41, 5.74) is 2.32. The Balaban J connectivity index is 1.33. The van der Waals surface area contributed by atoms with Crippen molar-refractivity contribution >= 4 is 40.6 Å². The summed E-state index contributed by atoms with van der Waals surface area (Å²) in [5, 5.41) is 5.07. The number of carbonyl (C=O) groups is 3. The van der Waals surface area contributed by atoms with Crippen LogP contribution in [0.5, 0.6) is 0 Å². The van der Waals surface area contributed by atoms with E-state index >= 15 is 0 Å². The molecule has 0 radical (unpaired) electrons. The number of nitrogens with zero attached hydrogens (tertiary/aromatic N) is 3. The number of anilines is 2. The van der Waals surface area contributed by atoms with Crippen molar-refractivity contribution in [1.82, 2.24) is 10.3 Å². The quantitative estimate of drug-likeness (QED) is 0.734. The number of ether oxygens (including phenoxy) is 2. The molecule has 4 rings (SSSR count). The zero-order chi connectivity index (χ0) is 22.0. The molecule has 10 heteroatoms. The van der Waals surface area contributed by atoms with Crippen molar-refractivity contribution in [3.63, 3.8) is 0 Å². The molecule has 1 aromatic heterocycles. The van der Waals surface area contributed by atoms with E-state index < -0.39 is 12.2 Å². The van der Waals surface area contributed by atoms with Gasteiger partial charge in [-0.05, 0) is 30.2 Å². The van der Waals surface area contributed by atoms with Crippen molar-refractivity contribution in [2.45, 2.75) is 25.9 Å². The Morgan fingerprint density at radius 1 is 1.23 bits per heavy atom. The highest BCUT2D eigenvalue weighted by Crippen LogP contribution is 2.25. The average molecular weight is 445 g/mol. The summed E-state index contributed by atoms with van der Waals surface area (Å²) in [5.74, 6) is -0.100. The second kappa shape index (κ2) is 9.03. The summed E-state index contributed by atoms with van der Waals surface area (Å²) in [7, 11) is 0. The number of morpholine rings is 1. The van der Waals surface area contributed by atoms with Crippen LogP contribution in [0.3, 0.4) is 0 Å². The van der Waals surface area contributed by atoms with Crippen LogP contribution in [0.25, 0.3) is 0 Å². The van der Waals surface area contributed by atoms with Crippen LogP contribution in [0.1, 0.15) is 35.3 Å². The summed E-state index contributed by atoms with van der Waals surface area (Å²) >= 11 is 1.30. The van der Waals surface area contributed by atoms with Gasteiger partial charge in [0.25, 0.3) is 11.8 Å². The topological polar surface area (TPSA) is 101 Å². The maximum atomic E-state index is 12.3. The predicted octanol–water partition coefficient (Wildman–Crippen LogP) is 2.38. The van der Waals surface area contributed by atoms with Crippen LogP contribution in [0.15, 0.2) is 29.6 Å². The minimum absolute atomic E-state index is 0.0768. The number of thiazole rings is 1. The molecule has 1 N–H and O–H groups in total. The lowest BCUT2D eigenvalue weighted by atomic mass is 10.2. The van der Waals surface area contributed by atoms with E-state index in [1.165, 1.54) is 16.2 Å². The minimum Gasteiger partial charge on any atom is -0.442 e. The molecule has 3 amide bonds. The number of carbonyl (C=O) groups excluding carboxylic acids is 3. The first kappa shape index (κ1) is 21.3. The van der Waals surface area contributed by atoms with Crippen LogP contribution in [0.2, 0.25) is 0 Å². The monoisotopic (exact) mass is 444 g/mol. The Labute approximate surface area is 183 Å². The molecular weight excluding hydrogens is 420 g/mol. The Morgan fingerprint density at radius 2 is 1.94 bits per heavy atom. The first-order valence-corrected chi connectivity index (χ1v) is 11.0. The van der Waals surface area contributed by atoms with Crippen LogP contribution in [-0.4, -0.2) is 61.8 Å². The summed E-state index contributed by atoms with van der Waals surface area (Å²) < 4.78 is 10.5. The number of aromatic nitrogens is 1. The Kier molecular flexibility index (Phi) is 6.19. The number of benzene rings is 1. The fraction of sp³-hybridized carbons (Fsp3) is 0.429. The summed E-state index contributed by atoms with van der Waals surface area (Å²) in [4.78, 5) is 44.1. The average Bonchev–Trinajstić information content (AvgIpc) is 3.40. The maximum absolute atomic E-state index is 12.3. The van der Waals surface area contributed by atoms with Crippen molar-refractivity contribution in [2.24, 2.45) is 0 Å². The molecule has 2 fully saturated rings. The molecule has 1 aromatic carbocycles. The Bertz CT molecular complexity index is 974. The van der Waals surface area contributed by atoms with Crippen LogP contribution in [0, 0.1) is 0 Å². The first-order valence-electron chi connectivity index (χ1n) is 10.1. The van der Waals surface area contributed by atoms with Gasteiger partial charge in [0.05, 0.1) is 25.4 Å². The molecule has 0 bridgehead atoms. The second-order valence-electron chi connectivity index (χ2n) is 7.67. The third-order valence-electron chi connectivity index (χ3n) is 5.13. The van der Waals surface area contributed by atoms with Crippen molar-refractivity contribution in [3.05, 3.63) is 40.3 Å². The second-order valence-corrected chi connectivity index (χ2v) is 8.53. The normalized spacial score (nSPS) is 19.1. The van der Waals surface area contributed by atoms with Gasteiger partial charge >= 0.3 is 6.09 Å². The largest absolute Gasteiger partial charge is 0.442 e. The predicted molar refractivity (Wildman–Crippen MR) is 116 cm³/mol. The lowest BCUT2D eigenvalue weighted by Crippen LogP contribution is -2.41. The van der Waals surface area contributed by atoms with Gasteiger partial charge in [-0.1, -0.05) is 13.8 Å². The summed E-state index contributed by atoms with van der Waals surface area (Å²) in [6.45, 7) is 5.65. The number of cyclic esters (lactones) is 1. The van der Waals surface area contributed by atoms with Gasteiger partial charge < -0.3 is 19.7 Å². The van der Waals surface area contributed by atoms with Crippen LogP contribution in [0.4, 0.5) is 16.2 Å². The van der Waals surface area contributed by atoms with Gasteiger partial charge in [-0.3, -0.25) is 14.5 Å². The van der Waals surface area contributed by atoms with Gasteiger partial charge in [-0.25, -0.2) is 9.78 Å². The zero-order valence-corrected chi connectivity index (χ0v) is 18.2. The summed E-state index contributed by atoms with van der Waals surface area (Å²) in [6, 6.07) is 7.16. The van der Waals surface area contributed by atoms with Crippen molar-refractivity contribution < 1.29 is 23.9 Å². The molecule has 2 saturated heterocycles. The Hall–Kier alpha value is -2.98. The first-order chi connectivity index (χ1) is 14.9. The molecule has 9 nitrogen and oxygen atoms in total. The maximum Gasteiger partial charge on any atom is 0.414 e. The number of hydrogen-bond acceptors (Lipinski definition) is 7. The van der Waals surface area contributed by atoms with E-state index in [1.54, 1.807) is 29.2 Å². The number of nitrogens with one attached hydrogen (secondary N) is 1. The molecule has 0 spiro atoms. The molecule has 31 heavy (non-hydrogen) atoms. The Morgan fingerprint density at radius 3 is 2.58 bits per heavy atom. The van der Waals surface area contributed by atoms with E-state index in [4.69, 9.17) is 9.47 Å². The fourth-order valence-electron chi connectivity index (χ4n) is 3.38. The third-order valence-corrected chi connectivity index (χ3v) is 5.99. The standard InChI is InChI=1S/C21H24N4O5S/c1-13(2)17-12-31-20(23-17)19(27)22-9-16-10-25(21(28)30-16)15-5-3-14(4-6-15)24-7-8-29-11-18(24)26/h3-6,12-13,16H,7-11H2,1-2H3,(H,22,27)/t16-/m0/s1. The van der Waals surface area contributed by atoms with Crippen LogP contribution >= 0.6 is 11.3 Å². The van der Waals surface area contributed by atoms with Gasteiger partial charge in [0, 0.05) is 23.3 Å².